The van der Waals surface area contributed by atoms with Gasteiger partial charge in [0.05, 0.1) is 11.9 Å². The number of anilines is 1. The van der Waals surface area contributed by atoms with E-state index in [9.17, 15) is 0 Å². The lowest BCUT2D eigenvalue weighted by Crippen LogP contribution is -2.04. The maximum absolute atomic E-state index is 6.13. The standard InChI is InChI=1S/C24H19N5O/c1-2-6-19(7-3-1)30-22-9-5-4-8-20(22)21-17-27-24-11-10-23(28-29(21)24)26-16-18-12-14-25-15-13-18/h1-15,17H,16H2,(H,26,28). The summed E-state index contributed by atoms with van der Waals surface area (Å²) in [6.07, 6.45) is 5.39. The van der Waals surface area contributed by atoms with Crippen molar-refractivity contribution in [3.05, 3.63) is 103 Å². The Kier molecular flexibility index (Phi) is 4.79. The quantitative estimate of drug-likeness (QED) is 0.430. The van der Waals surface area contributed by atoms with Crippen LogP contribution in [0.1, 0.15) is 5.56 Å². The highest BCUT2D eigenvalue weighted by atomic mass is 16.5. The molecule has 30 heavy (non-hydrogen) atoms. The number of imidazole rings is 1. The van der Waals surface area contributed by atoms with Crippen molar-refractivity contribution in [2.75, 3.05) is 5.32 Å². The van der Waals surface area contributed by atoms with Crippen LogP contribution in [0.2, 0.25) is 0 Å². The van der Waals surface area contributed by atoms with Crippen LogP contribution < -0.4 is 10.1 Å². The van der Waals surface area contributed by atoms with E-state index in [4.69, 9.17) is 9.84 Å². The topological polar surface area (TPSA) is 64.3 Å². The smallest absolute Gasteiger partial charge is 0.154 e. The highest BCUT2D eigenvalue weighted by Gasteiger charge is 2.13. The Morgan fingerprint density at radius 1 is 0.833 bits per heavy atom. The zero-order chi connectivity index (χ0) is 20.2. The van der Waals surface area contributed by atoms with Gasteiger partial charge in [-0.05, 0) is 54.1 Å². The van der Waals surface area contributed by atoms with Gasteiger partial charge >= 0.3 is 0 Å². The van der Waals surface area contributed by atoms with Crippen molar-refractivity contribution in [2.45, 2.75) is 6.54 Å². The monoisotopic (exact) mass is 393 g/mol. The molecule has 1 N–H and O–H groups in total. The zero-order valence-corrected chi connectivity index (χ0v) is 16.1. The summed E-state index contributed by atoms with van der Waals surface area (Å²) in [5.74, 6) is 2.30. The van der Waals surface area contributed by atoms with Gasteiger partial charge in [-0.1, -0.05) is 30.3 Å². The van der Waals surface area contributed by atoms with Crippen LogP contribution in [0.3, 0.4) is 0 Å². The van der Waals surface area contributed by atoms with Crippen molar-refractivity contribution in [3.8, 4) is 22.8 Å². The SMILES string of the molecule is c1ccc(Oc2ccccc2-c2cnc3ccc(NCc4ccncc4)nn23)cc1. The summed E-state index contributed by atoms with van der Waals surface area (Å²) in [7, 11) is 0. The lowest BCUT2D eigenvalue weighted by Gasteiger charge is -2.11. The van der Waals surface area contributed by atoms with Gasteiger partial charge in [0.1, 0.15) is 17.3 Å². The molecule has 0 amide bonds. The summed E-state index contributed by atoms with van der Waals surface area (Å²) < 4.78 is 7.96. The van der Waals surface area contributed by atoms with E-state index >= 15 is 0 Å². The van der Waals surface area contributed by atoms with E-state index in [1.165, 1.54) is 0 Å². The molecule has 3 aromatic heterocycles. The lowest BCUT2D eigenvalue weighted by atomic mass is 10.1. The predicted molar refractivity (Wildman–Crippen MR) is 117 cm³/mol. The molecule has 6 heteroatoms. The fourth-order valence-electron chi connectivity index (χ4n) is 3.23. The maximum atomic E-state index is 6.13. The average molecular weight is 393 g/mol. The molecular formula is C24H19N5O. The predicted octanol–water partition coefficient (Wildman–Crippen LogP) is 5.20. The number of hydrogen-bond donors (Lipinski definition) is 1. The van der Waals surface area contributed by atoms with Gasteiger partial charge in [0.2, 0.25) is 0 Å². The Hall–Kier alpha value is -4.19. The van der Waals surface area contributed by atoms with Gasteiger partial charge in [0.25, 0.3) is 0 Å². The largest absolute Gasteiger partial charge is 0.457 e. The van der Waals surface area contributed by atoms with Crippen molar-refractivity contribution in [1.82, 2.24) is 19.6 Å². The summed E-state index contributed by atoms with van der Waals surface area (Å²) in [6.45, 7) is 0.665. The van der Waals surface area contributed by atoms with Gasteiger partial charge in [0.15, 0.2) is 5.65 Å². The van der Waals surface area contributed by atoms with Gasteiger partial charge in [-0.15, -0.1) is 5.10 Å². The first-order valence-electron chi connectivity index (χ1n) is 9.67. The molecule has 0 aliphatic heterocycles. The van der Waals surface area contributed by atoms with Crippen LogP contribution in [-0.4, -0.2) is 19.6 Å². The Morgan fingerprint density at radius 3 is 2.50 bits per heavy atom. The van der Waals surface area contributed by atoms with Crippen LogP contribution >= 0.6 is 0 Å². The molecule has 0 saturated heterocycles. The molecule has 0 aliphatic rings. The molecule has 0 unspecified atom stereocenters. The molecule has 0 radical (unpaired) electrons. The van der Waals surface area contributed by atoms with Crippen LogP contribution in [0.5, 0.6) is 11.5 Å². The van der Waals surface area contributed by atoms with Gasteiger partial charge < -0.3 is 10.1 Å². The minimum Gasteiger partial charge on any atom is -0.457 e. The van der Waals surface area contributed by atoms with Crippen molar-refractivity contribution in [3.63, 3.8) is 0 Å². The Morgan fingerprint density at radius 2 is 1.63 bits per heavy atom. The molecule has 0 bridgehead atoms. The number of nitrogens with one attached hydrogen (secondary N) is 1. The number of aromatic nitrogens is 4. The van der Waals surface area contributed by atoms with Crippen LogP contribution in [0, 0.1) is 0 Å². The van der Waals surface area contributed by atoms with Crippen molar-refractivity contribution >= 4 is 11.5 Å². The molecule has 6 nitrogen and oxygen atoms in total. The molecule has 0 saturated carbocycles. The van der Waals surface area contributed by atoms with E-state index < -0.39 is 0 Å². The number of pyridine rings is 1. The highest BCUT2D eigenvalue weighted by Crippen LogP contribution is 2.33. The number of para-hydroxylation sites is 2. The minimum atomic E-state index is 0.665. The number of benzene rings is 2. The molecule has 0 fully saturated rings. The van der Waals surface area contributed by atoms with Gasteiger partial charge in [-0.25, -0.2) is 9.50 Å². The van der Waals surface area contributed by atoms with Crippen molar-refractivity contribution in [1.29, 1.82) is 0 Å². The van der Waals surface area contributed by atoms with Crippen LogP contribution in [0.25, 0.3) is 16.9 Å². The average Bonchev–Trinajstić information content (AvgIpc) is 3.23. The second kappa shape index (κ2) is 8.05. The van der Waals surface area contributed by atoms with Crippen LogP contribution in [0.4, 0.5) is 5.82 Å². The third-order valence-corrected chi connectivity index (χ3v) is 4.72. The summed E-state index contributed by atoms with van der Waals surface area (Å²) in [6, 6.07) is 25.5. The van der Waals surface area contributed by atoms with Gasteiger partial charge in [-0.3, -0.25) is 4.98 Å². The molecule has 5 aromatic rings. The first kappa shape index (κ1) is 17.9. The first-order valence-corrected chi connectivity index (χ1v) is 9.67. The summed E-state index contributed by atoms with van der Waals surface area (Å²) in [5, 5.41) is 8.10. The minimum absolute atomic E-state index is 0.665. The fourth-order valence-corrected chi connectivity index (χ4v) is 3.23. The van der Waals surface area contributed by atoms with E-state index in [2.05, 4.69) is 15.3 Å². The highest BCUT2D eigenvalue weighted by molar-refractivity contribution is 5.70. The van der Waals surface area contributed by atoms with E-state index in [0.717, 1.165) is 39.8 Å². The molecule has 0 aliphatic carbocycles. The summed E-state index contributed by atoms with van der Waals surface area (Å²) in [5.41, 5.74) is 3.70. The van der Waals surface area contributed by atoms with Crippen LogP contribution in [0.15, 0.2) is 97.5 Å². The Bertz CT molecular complexity index is 1270. The Labute approximate surface area is 173 Å². The molecule has 0 atom stereocenters. The zero-order valence-electron chi connectivity index (χ0n) is 16.1. The molecular weight excluding hydrogens is 374 g/mol. The molecule has 2 aromatic carbocycles. The van der Waals surface area contributed by atoms with E-state index in [1.54, 1.807) is 12.4 Å². The fraction of sp³-hybridized carbons (Fsp3) is 0.0417. The third-order valence-electron chi connectivity index (χ3n) is 4.72. The molecule has 3 heterocycles. The number of nitrogens with zero attached hydrogens (tertiary/aromatic N) is 4. The number of rotatable bonds is 6. The third kappa shape index (κ3) is 3.71. The second-order valence-electron chi connectivity index (χ2n) is 6.75. The van der Waals surface area contributed by atoms with Crippen LogP contribution in [-0.2, 0) is 6.54 Å². The van der Waals surface area contributed by atoms with Gasteiger partial charge in [-0.2, -0.15) is 0 Å². The molecule has 5 rings (SSSR count). The normalized spacial score (nSPS) is 10.8. The Balaban J connectivity index is 1.48. The van der Waals surface area contributed by atoms with E-state index in [0.29, 0.717) is 6.54 Å². The summed E-state index contributed by atoms with van der Waals surface area (Å²) >= 11 is 0. The second-order valence-corrected chi connectivity index (χ2v) is 6.75. The first-order chi connectivity index (χ1) is 14.9. The molecule has 0 spiro atoms. The van der Waals surface area contributed by atoms with Crippen molar-refractivity contribution in [2.24, 2.45) is 0 Å². The number of hydrogen-bond acceptors (Lipinski definition) is 5. The van der Waals surface area contributed by atoms with Crippen molar-refractivity contribution < 1.29 is 4.74 Å². The van der Waals surface area contributed by atoms with Gasteiger partial charge in [0, 0.05) is 24.5 Å². The summed E-state index contributed by atoms with van der Waals surface area (Å²) in [4.78, 5) is 8.56. The van der Waals surface area contributed by atoms with E-state index in [1.807, 2.05) is 89.6 Å². The number of fused-ring (bicyclic) bond motifs is 1. The molecule has 146 valence electrons. The number of ether oxygens (including phenoxy) is 1. The maximum Gasteiger partial charge on any atom is 0.154 e. The lowest BCUT2D eigenvalue weighted by molar-refractivity contribution is 0.484. The van der Waals surface area contributed by atoms with E-state index in [-0.39, 0.29) is 0 Å².